The molecule has 0 saturated heterocycles. The minimum atomic E-state index is -0.647. The summed E-state index contributed by atoms with van der Waals surface area (Å²) in [5, 5.41) is 0. The molecule has 5 heteroatoms. The summed E-state index contributed by atoms with van der Waals surface area (Å²) in [6, 6.07) is 22.5. The number of methoxy groups -OCH3 is 1. The first-order chi connectivity index (χ1) is 15.1. The van der Waals surface area contributed by atoms with Crippen molar-refractivity contribution in [3.05, 3.63) is 89.5 Å². The number of ether oxygens (including phenoxy) is 2. The average molecular weight is 415 g/mol. The van der Waals surface area contributed by atoms with Crippen LogP contribution in [0.1, 0.15) is 28.4 Å². The van der Waals surface area contributed by atoms with Gasteiger partial charge in [0.2, 0.25) is 0 Å². The van der Waals surface area contributed by atoms with Crippen molar-refractivity contribution in [1.82, 2.24) is 4.90 Å². The maximum atomic E-state index is 13.5. The number of hydrogen-bond acceptors (Lipinski definition) is 4. The molecule has 4 rings (SSSR count). The number of benzene rings is 3. The van der Waals surface area contributed by atoms with Crippen LogP contribution in [0.4, 0.5) is 0 Å². The molecule has 1 amide bonds. The molecule has 0 spiro atoms. The van der Waals surface area contributed by atoms with E-state index in [4.69, 9.17) is 9.47 Å². The van der Waals surface area contributed by atoms with Crippen LogP contribution >= 0.6 is 0 Å². The normalized spacial score (nSPS) is 15.2. The van der Waals surface area contributed by atoms with Crippen LogP contribution in [0, 0.1) is 0 Å². The van der Waals surface area contributed by atoms with Gasteiger partial charge in [-0.25, -0.2) is 4.79 Å². The van der Waals surface area contributed by atoms with Gasteiger partial charge in [-0.1, -0.05) is 54.6 Å². The van der Waals surface area contributed by atoms with Crippen molar-refractivity contribution in [2.45, 2.75) is 25.9 Å². The summed E-state index contributed by atoms with van der Waals surface area (Å²) in [6.07, 6.45) is 0.446. The minimum absolute atomic E-state index is 0.194. The molecule has 0 radical (unpaired) electrons. The summed E-state index contributed by atoms with van der Waals surface area (Å²) in [7, 11) is 1.36. The Morgan fingerprint density at radius 1 is 0.968 bits per heavy atom. The van der Waals surface area contributed by atoms with Gasteiger partial charge in [-0.05, 0) is 41.8 Å². The van der Waals surface area contributed by atoms with Crippen LogP contribution < -0.4 is 4.74 Å². The van der Waals surface area contributed by atoms with Crippen molar-refractivity contribution in [3.63, 3.8) is 0 Å². The molecule has 1 aliphatic heterocycles. The largest absolute Gasteiger partial charge is 0.493 e. The number of nitrogens with zero attached hydrogens (tertiary/aromatic N) is 1. The minimum Gasteiger partial charge on any atom is -0.493 e. The Bertz CT molecular complexity index is 1110. The standard InChI is InChI=1S/C26H25NO4/c1-3-31-24-14-7-6-13-22(24)19-11-8-12-20(15-19)25(28)27-17-21-10-5-4-9-18(21)16-23(27)26(29)30-2/h4-15,23H,3,16-17H2,1-2H3/t23-/m1/s1. The van der Waals surface area contributed by atoms with Crippen LogP contribution in [0.3, 0.4) is 0 Å². The number of esters is 1. The summed E-state index contributed by atoms with van der Waals surface area (Å²) < 4.78 is 10.8. The molecule has 1 atom stereocenters. The number of hydrogen-bond donors (Lipinski definition) is 0. The van der Waals surface area contributed by atoms with Crippen molar-refractivity contribution < 1.29 is 19.1 Å². The molecule has 1 heterocycles. The molecular weight excluding hydrogens is 390 g/mol. The summed E-state index contributed by atoms with van der Waals surface area (Å²) in [5.74, 6) is 0.176. The van der Waals surface area contributed by atoms with Gasteiger partial charge in [-0.3, -0.25) is 4.79 Å². The highest BCUT2D eigenvalue weighted by Crippen LogP contribution is 2.31. The van der Waals surface area contributed by atoms with Gasteiger partial charge in [0, 0.05) is 24.1 Å². The molecule has 5 nitrogen and oxygen atoms in total. The summed E-state index contributed by atoms with van der Waals surface area (Å²) >= 11 is 0. The fourth-order valence-corrected chi connectivity index (χ4v) is 4.06. The second kappa shape index (κ2) is 9.04. The van der Waals surface area contributed by atoms with Crippen LogP contribution in [0.5, 0.6) is 5.75 Å². The number of carbonyl (C=O) groups excluding carboxylic acids is 2. The molecule has 0 aliphatic carbocycles. The van der Waals surface area contributed by atoms with Crippen molar-refractivity contribution in [2.75, 3.05) is 13.7 Å². The zero-order valence-electron chi connectivity index (χ0n) is 17.7. The van der Waals surface area contributed by atoms with E-state index in [2.05, 4.69) is 0 Å². The Morgan fingerprint density at radius 3 is 2.48 bits per heavy atom. The first kappa shape index (κ1) is 20.7. The van der Waals surface area contributed by atoms with Gasteiger partial charge in [0.25, 0.3) is 5.91 Å². The Kier molecular flexibility index (Phi) is 6.03. The van der Waals surface area contributed by atoms with Crippen LogP contribution in [0.25, 0.3) is 11.1 Å². The van der Waals surface area contributed by atoms with E-state index in [1.807, 2.05) is 73.7 Å². The third kappa shape index (κ3) is 4.17. The third-order valence-corrected chi connectivity index (χ3v) is 5.59. The molecule has 0 unspecified atom stereocenters. The molecule has 0 bridgehead atoms. The summed E-state index contributed by atoms with van der Waals surface area (Å²) in [6.45, 7) is 2.87. The van der Waals surface area contributed by atoms with Gasteiger partial charge in [-0.2, -0.15) is 0 Å². The fraction of sp³-hybridized carbons (Fsp3) is 0.231. The number of carbonyl (C=O) groups is 2. The van der Waals surface area contributed by atoms with E-state index in [1.54, 1.807) is 11.0 Å². The maximum Gasteiger partial charge on any atom is 0.328 e. The van der Waals surface area contributed by atoms with Gasteiger partial charge in [0.1, 0.15) is 11.8 Å². The lowest BCUT2D eigenvalue weighted by Crippen LogP contribution is -2.49. The van der Waals surface area contributed by atoms with Crippen molar-refractivity contribution in [1.29, 1.82) is 0 Å². The first-order valence-electron chi connectivity index (χ1n) is 10.4. The molecular formula is C26H25NO4. The number of fused-ring (bicyclic) bond motifs is 1. The predicted molar refractivity (Wildman–Crippen MR) is 119 cm³/mol. The van der Waals surface area contributed by atoms with Gasteiger partial charge in [0.15, 0.2) is 0 Å². The van der Waals surface area contributed by atoms with Crippen LogP contribution in [0.2, 0.25) is 0 Å². The zero-order chi connectivity index (χ0) is 21.8. The number of rotatable bonds is 5. The van der Waals surface area contributed by atoms with Crippen molar-refractivity contribution in [3.8, 4) is 16.9 Å². The highest BCUT2D eigenvalue weighted by Gasteiger charge is 2.35. The summed E-state index contributed by atoms with van der Waals surface area (Å²) in [4.78, 5) is 27.6. The molecule has 0 N–H and O–H groups in total. The molecule has 0 saturated carbocycles. The molecule has 1 aliphatic rings. The highest BCUT2D eigenvalue weighted by molar-refractivity contribution is 5.98. The molecule has 31 heavy (non-hydrogen) atoms. The van der Waals surface area contributed by atoms with Gasteiger partial charge >= 0.3 is 5.97 Å². The number of para-hydroxylation sites is 1. The maximum absolute atomic E-state index is 13.5. The first-order valence-corrected chi connectivity index (χ1v) is 10.4. The molecule has 3 aromatic rings. The highest BCUT2D eigenvalue weighted by atomic mass is 16.5. The Balaban J connectivity index is 1.69. The molecule has 3 aromatic carbocycles. The quantitative estimate of drug-likeness (QED) is 0.576. The van der Waals surface area contributed by atoms with Gasteiger partial charge in [-0.15, -0.1) is 0 Å². The van der Waals surface area contributed by atoms with Crippen LogP contribution in [-0.4, -0.2) is 36.5 Å². The smallest absolute Gasteiger partial charge is 0.328 e. The van der Waals surface area contributed by atoms with E-state index in [1.165, 1.54) is 7.11 Å². The van der Waals surface area contributed by atoms with Crippen molar-refractivity contribution in [2.24, 2.45) is 0 Å². The van der Waals surface area contributed by atoms with E-state index in [0.29, 0.717) is 25.1 Å². The monoisotopic (exact) mass is 415 g/mol. The van der Waals surface area contributed by atoms with E-state index < -0.39 is 12.0 Å². The SMILES string of the molecule is CCOc1ccccc1-c1cccc(C(=O)N2Cc3ccccc3C[C@@H]2C(=O)OC)c1. The lowest BCUT2D eigenvalue weighted by atomic mass is 9.93. The Morgan fingerprint density at radius 2 is 1.71 bits per heavy atom. The van der Waals surface area contributed by atoms with E-state index >= 15 is 0 Å². The topological polar surface area (TPSA) is 55.8 Å². The van der Waals surface area contributed by atoms with Gasteiger partial charge in [0.05, 0.1) is 13.7 Å². The van der Waals surface area contributed by atoms with Crippen LogP contribution in [0.15, 0.2) is 72.8 Å². The second-order valence-corrected chi connectivity index (χ2v) is 7.45. The average Bonchev–Trinajstić information content (AvgIpc) is 2.83. The van der Waals surface area contributed by atoms with Crippen molar-refractivity contribution >= 4 is 11.9 Å². The Hall–Kier alpha value is -3.60. The summed E-state index contributed by atoms with van der Waals surface area (Å²) in [5.41, 5.74) is 4.46. The predicted octanol–water partition coefficient (Wildman–Crippen LogP) is 4.49. The lowest BCUT2D eigenvalue weighted by Gasteiger charge is -2.35. The molecule has 0 fully saturated rings. The molecule has 0 aromatic heterocycles. The third-order valence-electron chi connectivity index (χ3n) is 5.59. The molecule has 158 valence electrons. The Labute approximate surface area is 182 Å². The fourth-order valence-electron chi connectivity index (χ4n) is 4.06. The van der Waals surface area contributed by atoms with E-state index in [-0.39, 0.29) is 5.91 Å². The van der Waals surface area contributed by atoms with E-state index in [9.17, 15) is 9.59 Å². The second-order valence-electron chi connectivity index (χ2n) is 7.45. The van der Waals surface area contributed by atoms with Gasteiger partial charge < -0.3 is 14.4 Å². The van der Waals surface area contributed by atoms with E-state index in [0.717, 1.165) is 28.0 Å². The lowest BCUT2D eigenvalue weighted by molar-refractivity contribution is -0.146. The zero-order valence-corrected chi connectivity index (χ0v) is 17.7. The number of amides is 1. The van der Waals surface area contributed by atoms with Crippen LogP contribution in [-0.2, 0) is 22.5 Å².